The maximum absolute atomic E-state index is 11.2. The number of carbonyl (C=O) groups excluding carboxylic acids is 2. The Balaban J connectivity index is 3.93. The van der Waals surface area contributed by atoms with Gasteiger partial charge in [0.2, 0.25) is 0 Å². The van der Waals surface area contributed by atoms with E-state index in [1.165, 1.54) is 0 Å². The molecule has 0 bridgehead atoms. The lowest BCUT2D eigenvalue weighted by Crippen LogP contribution is -2.35. The van der Waals surface area contributed by atoms with Crippen molar-refractivity contribution in [1.29, 1.82) is 0 Å². The minimum absolute atomic E-state index is 0.0659. The molecule has 16 heavy (non-hydrogen) atoms. The molecule has 6 heteroatoms. The third-order valence-corrected chi connectivity index (χ3v) is 1.44. The standard InChI is InChI=1S/C10H19NO5/c1-5-15-8(12)6-7-11(14)9(13)16-10(2,3)4/h14H,5-7H2,1-4H3. The summed E-state index contributed by atoms with van der Waals surface area (Å²) in [5, 5.41) is 9.61. The number of amides is 1. The normalized spacial score (nSPS) is 10.8. The third kappa shape index (κ3) is 7.05. The largest absolute Gasteiger partial charge is 0.466 e. The molecule has 0 aromatic heterocycles. The van der Waals surface area contributed by atoms with Crippen LogP contribution in [0.15, 0.2) is 0 Å². The molecule has 1 amide bonds. The summed E-state index contributed by atoms with van der Waals surface area (Å²) >= 11 is 0. The van der Waals surface area contributed by atoms with Gasteiger partial charge in [0.1, 0.15) is 5.60 Å². The van der Waals surface area contributed by atoms with E-state index < -0.39 is 17.7 Å². The van der Waals surface area contributed by atoms with Crippen molar-refractivity contribution in [3.8, 4) is 0 Å². The fourth-order valence-electron chi connectivity index (χ4n) is 0.836. The number of hydroxylamine groups is 2. The molecule has 0 radical (unpaired) electrons. The van der Waals surface area contributed by atoms with Crippen molar-refractivity contribution in [2.75, 3.05) is 13.2 Å². The SMILES string of the molecule is CCOC(=O)CCN(O)C(=O)OC(C)(C)C. The van der Waals surface area contributed by atoms with Gasteiger partial charge in [0.25, 0.3) is 0 Å². The Morgan fingerprint density at radius 1 is 1.31 bits per heavy atom. The molecule has 94 valence electrons. The maximum Gasteiger partial charge on any atom is 0.434 e. The molecule has 0 aliphatic carbocycles. The van der Waals surface area contributed by atoms with Gasteiger partial charge in [-0.3, -0.25) is 10.0 Å². The molecule has 0 aromatic carbocycles. The van der Waals surface area contributed by atoms with Crippen LogP contribution in [0.3, 0.4) is 0 Å². The molecule has 0 heterocycles. The highest BCUT2D eigenvalue weighted by Gasteiger charge is 2.21. The van der Waals surface area contributed by atoms with E-state index in [1.54, 1.807) is 27.7 Å². The van der Waals surface area contributed by atoms with Crippen LogP contribution in [0, 0.1) is 0 Å². The van der Waals surface area contributed by atoms with Crippen molar-refractivity contribution in [2.24, 2.45) is 0 Å². The van der Waals surface area contributed by atoms with E-state index >= 15 is 0 Å². The van der Waals surface area contributed by atoms with Crippen molar-refractivity contribution >= 4 is 12.1 Å². The Morgan fingerprint density at radius 3 is 2.31 bits per heavy atom. The van der Waals surface area contributed by atoms with E-state index in [2.05, 4.69) is 4.74 Å². The molecule has 0 aliphatic rings. The number of hydrogen-bond acceptors (Lipinski definition) is 5. The van der Waals surface area contributed by atoms with Crippen molar-refractivity contribution in [3.05, 3.63) is 0 Å². The molecule has 1 N–H and O–H groups in total. The van der Waals surface area contributed by atoms with Crippen LogP contribution in [0.5, 0.6) is 0 Å². The molecule has 0 atom stereocenters. The summed E-state index contributed by atoms with van der Waals surface area (Å²) in [4.78, 5) is 22.2. The molecule has 0 rings (SSSR count). The molecule has 0 unspecified atom stereocenters. The van der Waals surface area contributed by atoms with Gasteiger partial charge in [-0.2, -0.15) is 5.06 Å². The van der Waals surface area contributed by atoms with Gasteiger partial charge in [-0.15, -0.1) is 0 Å². The predicted octanol–water partition coefficient (Wildman–Crippen LogP) is 1.57. The maximum atomic E-state index is 11.2. The Hall–Kier alpha value is -1.30. The first-order valence-corrected chi connectivity index (χ1v) is 5.11. The molecule has 0 aliphatic heterocycles. The highest BCUT2D eigenvalue weighted by Crippen LogP contribution is 2.09. The average molecular weight is 233 g/mol. The molecular weight excluding hydrogens is 214 g/mol. The van der Waals surface area contributed by atoms with E-state index in [-0.39, 0.29) is 19.6 Å². The predicted molar refractivity (Wildman–Crippen MR) is 56.0 cm³/mol. The Morgan fingerprint density at radius 2 is 1.88 bits per heavy atom. The molecular formula is C10H19NO5. The molecule has 0 aromatic rings. The fraction of sp³-hybridized carbons (Fsp3) is 0.800. The number of rotatable bonds is 4. The van der Waals surface area contributed by atoms with Gasteiger partial charge in [0, 0.05) is 0 Å². The quantitative estimate of drug-likeness (QED) is 0.453. The number of esters is 1. The second-order valence-electron chi connectivity index (χ2n) is 4.16. The fourth-order valence-corrected chi connectivity index (χ4v) is 0.836. The lowest BCUT2D eigenvalue weighted by Gasteiger charge is -2.23. The monoisotopic (exact) mass is 233 g/mol. The van der Waals surface area contributed by atoms with Gasteiger partial charge in [-0.25, -0.2) is 4.79 Å². The minimum Gasteiger partial charge on any atom is -0.466 e. The number of hydrogen-bond donors (Lipinski definition) is 1. The summed E-state index contributed by atoms with van der Waals surface area (Å²) in [7, 11) is 0. The van der Waals surface area contributed by atoms with Gasteiger partial charge in [0.15, 0.2) is 0 Å². The minimum atomic E-state index is -0.878. The smallest absolute Gasteiger partial charge is 0.434 e. The zero-order valence-electron chi connectivity index (χ0n) is 10.1. The van der Waals surface area contributed by atoms with Gasteiger partial charge in [-0.05, 0) is 27.7 Å². The first-order chi connectivity index (χ1) is 7.26. The molecule has 0 fully saturated rings. The summed E-state index contributed by atoms with van der Waals surface area (Å²) in [5.41, 5.74) is -0.679. The van der Waals surface area contributed by atoms with Crippen LogP contribution in [-0.2, 0) is 14.3 Å². The summed E-state index contributed by atoms with van der Waals surface area (Å²) in [5.74, 6) is -0.467. The Labute approximate surface area is 95.1 Å². The van der Waals surface area contributed by atoms with Crippen LogP contribution in [0.4, 0.5) is 4.79 Å². The van der Waals surface area contributed by atoms with E-state index in [0.717, 1.165) is 0 Å². The van der Waals surface area contributed by atoms with Crippen LogP contribution in [0.2, 0.25) is 0 Å². The highest BCUT2D eigenvalue weighted by atomic mass is 16.6. The summed E-state index contributed by atoms with van der Waals surface area (Å²) in [6.45, 7) is 6.87. The van der Waals surface area contributed by atoms with E-state index in [0.29, 0.717) is 5.06 Å². The first-order valence-electron chi connectivity index (χ1n) is 5.11. The summed E-state index contributed by atoms with van der Waals surface area (Å²) in [6, 6.07) is 0. The number of nitrogens with zero attached hydrogens (tertiary/aromatic N) is 1. The van der Waals surface area contributed by atoms with Crippen LogP contribution < -0.4 is 0 Å². The first kappa shape index (κ1) is 14.7. The summed E-state index contributed by atoms with van der Waals surface area (Å²) < 4.78 is 9.52. The second kappa shape index (κ2) is 6.32. The van der Waals surface area contributed by atoms with E-state index in [1.807, 2.05) is 0 Å². The molecule has 0 spiro atoms. The van der Waals surface area contributed by atoms with Crippen molar-refractivity contribution < 1.29 is 24.3 Å². The third-order valence-electron chi connectivity index (χ3n) is 1.44. The van der Waals surface area contributed by atoms with Gasteiger partial charge < -0.3 is 9.47 Å². The summed E-state index contributed by atoms with van der Waals surface area (Å²) in [6.07, 6.45) is -0.944. The number of carbonyl (C=O) groups is 2. The zero-order chi connectivity index (χ0) is 12.8. The van der Waals surface area contributed by atoms with Gasteiger partial charge in [-0.1, -0.05) is 0 Å². The molecule has 0 saturated carbocycles. The van der Waals surface area contributed by atoms with E-state index in [4.69, 9.17) is 4.74 Å². The second-order valence-corrected chi connectivity index (χ2v) is 4.16. The highest BCUT2D eigenvalue weighted by molar-refractivity contribution is 5.71. The van der Waals surface area contributed by atoms with Crippen LogP contribution in [-0.4, -0.2) is 41.1 Å². The van der Waals surface area contributed by atoms with Crippen LogP contribution in [0.1, 0.15) is 34.1 Å². The van der Waals surface area contributed by atoms with Crippen molar-refractivity contribution in [3.63, 3.8) is 0 Å². The Bertz CT molecular complexity index is 246. The zero-order valence-corrected chi connectivity index (χ0v) is 10.1. The van der Waals surface area contributed by atoms with Crippen molar-refractivity contribution in [1.82, 2.24) is 5.06 Å². The Kier molecular flexibility index (Phi) is 5.81. The van der Waals surface area contributed by atoms with Crippen molar-refractivity contribution in [2.45, 2.75) is 39.7 Å². The van der Waals surface area contributed by atoms with Crippen LogP contribution in [0.25, 0.3) is 0 Å². The lowest BCUT2D eigenvalue weighted by molar-refractivity contribution is -0.146. The average Bonchev–Trinajstić information content (AvgIpc) is 2.11. The van der Waals surface area contributed by atoms with Gasteiger partial charge in [0.05, 0.1) is 19.6 Å². The molecule has 6 nitrogen and oxygen atoms in total. The topological polar surface area (TPSA) is 76.1 Å². The van der Waals surface area contributed by atoms with Gasteiger partial charge >= 0.3 is 12.1 Å². The van der Waals surface area contributed by atoms with E-state index in [9.17, 15) is 14.8 Å². The molecule has 0 saturated heterocycles. The lowest BCUT2D eigenvalue weighted by atomic mass is 10.2. The number of ether oxygens (including phenoxy) is 2. The van der Waals surface area contributed by atoms with Crippen LogP contribution >= 0.6 is 0 Å².